The van der Waals surface area contributed by atoms with Crippen LogP contribution >= 0.6 is 0 Å². The van der Waals surface area contributed by atoms with Crippen molar-refractivity contribution in [2.24, 2.45) is 0 Å². The topological polar surface area (TPSA) is 20.2 Å². The second kappa shape index (κ2) is 5.11. The van der Waals surface area contributed by atoms with Crippen LogP contribution in [0.2, 0.25) is 0 Å². The van der Waals surface area contributed by atoms with Crippen molar-refractivity contribution in [3.05, 3.63) is 35.1 Å². The Labute approximate surface area is 84.6 Å². The molecule has 0 saturated carbocycles. The summed E-state index contributed by atoms with van der Waals surface area (Å²) in [5.74, 6) is -0.306. The summed E-state index contributed by atoms with van der Waals surface area (Å²) in [6, 6.07) is 4.85. The summed E-state index contributed by atoms with van der Waals surface area (Å²) in [4.78, 5) is 0. The minimum atomic E-state index is -0.658. The molecule has 0 bridgehead atoms. The molecule has 0 aromatic heterocycles. The van der Waals surface area contributed by atoms with Crippen LogP contribution in [0.5, 0.6) is 0 Å². The van der Waals surface area contributed by atoms with Gasteiger partial charge in [-0.15, -0.1) is 0 Å². The van der Waals surface area contributed by atoms with Crippen molar-refractivity contribution in [1.82, 2.24) is 0 Å². The minimum absolute atomic E-state index is 0.306. The molecule has 1 aromatic rings. The van der Waals surface area contributed by atoms with Crippen LogP contribution in [0.25, 0.3) is 0 Å². The molecule has 0 saturated heterocycles. The third-order valence-electron chi connectivity index (χ3n) is 2.34. The first-order valence-electron chi connectivity index (χ1n) is 5.09. The van der Waals surface area contributed by atoms with E-state index in [4.69, 9.17) is 0 Å². The van der Waals surface area contributed by atoms with Crippen LogP contribution in [0.3, 0.4) is 0 Å². The second-order valence-electron chi connectivity index (χ2n) is 3.68. The average molecular weight is 196 g/mol. The van der Waals surface area contributed by atoms with Crippen LogP contribution in [0.4, 0.5) is 4.39 Å². The normalized spacial score (nSPS) is 12.9. The Morgan fingerprint density at radius 1 is 1.43 bits per heavy atom. The Hall–Kier alpha value is -0.890. The average Bonchev–Trinajstić information content (AvgIpc) is 2.18. The van der Waals surface area contributed by atoms with Gasteiger partial charge in [0.2, 0.25) is 0 Å². The van der Waals surface area contributed by atoms with Crippen LogP contribution in [0.15, 0.2) is 18.2 Å². The first-order chi connectivity index (χ1) is 6.65. The second-order valence-corrected chi connectivity index (χ2v) is 3.68. The summed E-state index contributed by atoms with van der Waals surface area (Å²) in [5, 5.41) is 9.72. The summed E-state index contributed by atoms with van der Waals surface area (Å²) in [7, 11) is 0. The smallest absolute Gasteiger partial charge is 0.129 e. The number of aryl methyl sites for hydroxylation is 1. The molecule has 0 heterocycles. The molecule has 0 amide bonds. The molecule has 0 aliphatic rings. The third kappa shape index (κ3) is 2.81. The van der Waals surface area contributed by atoms with Crippen molar-refractivity contribution >= 4 is 0 Å². The Morgan fingerprint density at radius 3 is 2.79 bits per heavy atom. The maximum atomic E-state index is 13.3. The van der Waals surface area contributed by atoms with E-state index in [1.165, 1.54) is 6.07 Å². The fourth-order valence-corrected chi connectivity index (χ4v) is 1.47. The molecule has 0 fully saturated rings. The number of rotatable bonds is 4. The fraction of sp³-hybridized carbons (Fsp3) is 0.500. The lowest BCUT2D eigenvalue weighted by Gasteiger charge is -2.11. The fourth-order valence-electron chi connectivity index (χ4n) is 1.47. The van der Waals surface area contributed by atoms with E-state index in [9.17, 15) is 9.50 Å². The standard InChI is InChI=1S/C12H17FO/c1-3-4-5-12(14)10-8-9(2)6-7-11(10)13/h6-8,12,14H,3-5H2,1-2H3. The summed E-state index contributed by atoms with van der Waals surface area (Å²) in [5.41, 5.74) is 1.41. The molecule has 1 aromatic carbocycles. The van der Waals surface area contributed by atoms with Gasteiger partial charge in [-0.2, -0.15) is 0 Å². The number of unbranched alkanes of at least 4 members (excludes halogenated alkanes) is 1. The molecule has 14 heavy (non-hydrogen) atoms. The first-order valence-corrected chi connectivity index (χ1v) is 5.09. The predicted octanol–water partition coefficient (Wildman–Crippen LogP) is 3.36. The quantitative estimate of drug-likeness (QED) is 0.782. The monoisotopic (exact) mass is 196 g/mol. The van der Waals surface area contributed by atoms with E-state index in [2.05, 4.69) is 6.92 Å². The van der Waals surface area contributed by atoms with Crippen molar-refractivity contribution in [3.63, 3.8) is 0 Å². The Bertz CT molecular complexity index is 296. The van der Waals surface area contributed by atoms with Crippen LogP contribution in [-0.2, 0) is 0 Å². The SMILES string of the molecule is CCCCC(O)c1cc(C)ccc1F. The van der Waals surface area contributed by atoms with Gasteiger partial charge in [0.25, 0.3) is 0 Å². The van der Waals surface area contributed by atoms with Crippen molar-refractivity contribution in [1.29, 1.82) is 0 Å². The van der Waals surface area contributed by atoms with Gasteiger partial charge in [-0.3, -0.25) is 0 Å². The molecule has 78 valence electrons. The van der Waals surface area contributed by atoms with E-state index < -0.39 is 6.10 Å². The molecule has 0 aliphatic heterocycles. The summed E-state index contributed by atoms with van der Waals surface area (Å²) < 4.78 is 13.3. The molecule has 1 N–H and O–H groups in total. The van der Waals surface area contributed by atoms with Gasteiger partial charge in [0.1, 0.15) is 5.82 Å². The van der Waals surface area contributed by atoms with E-state index in [0.29, 0.717) is 12.0 Å². The zero-order chi connectivity index (χ0) is 10.6. The molecule has 1 rings (SSSR count). The lowest BCUT2D eigenvalue weighted by atomic mass is 10.0. The summed E-state index contributed by atoms with van der Waals surface area (Å²) in [6.07, 6.45) is 1.92. The number of aliphatic hydroxyl groups is 1. The third-order valence-corrected chi connectivity index (χ3v) is 2.34. The van der Waals surface area contributed by atoms with Crippen molar-refractivity contribution < 1.29 is 9.50 Å². The van der Waals surface area contributed by atoms with Crippen LogP contribution in [0, 0.1) is 12.7 Å². The Balaban J connectivity index is 2.77. The highest BCUT2D eigenvalue weighted by Crippen LogP contribution is 2.22. The maximum Gasteiger partial charge on any atom is 0.129 e. The molecular formula is C12H17FO. The highest BCUT2D eigenvalue weighted by Gasteiger charge is 2.11. The van der Waals surface area contributed by atoms with E-state index in [1.54, 1.807) is 12.1 Å². The van der Waals surface area contributed by atoms with Gasteiger partial charge in [-0.1, -0.05) is 37.5 Å². The molecular weight excluding hydrogens is 179 g/mol. The van der Waals surface area contributed by atoms with Crippen molar-refractivity contribution in [3.8, 4) is 0 Å². The van der Waals surface area contributed by atoms with E-state index >= 15 is 0 Å². The van der Waals surface area contributed by atoms with Gasteiger partial charge in [0.15, 0.2) is 0 Å². The number of hydrogen-bond donors (Lipinski definition) is 1. The first kappa shape index (κ1) is 11.2. The van der Waals surface area contributed by atoms with Gasteiger partial charge in [0, 0.05) is 5.56 Å². The molecule has 1 unspecified atom stereocenters. The number of hydrogen-bond acceptors (Lipinski definition) is 1. The molecule has 0 spiro atoms. The molecule has 2 heteroatoms. The summed E-state index contributed by atoms with van der Waals surface area (Å²) in [6.45, 7) is 3.95. The number of benzene rings is 1. The highest BCUT2D eigenvalue weighted by molar-refractivity contribution is 5.25. The van der Waals surface area contributed by atoms with Gasteiger partial charge in [-0.25, -0.2) is 4.39 Å². The Morgan fingerprint density at radius 2 is 2.14 bits per heavy atom. The van der Waals surface area contributed by atoms with Gasteiger partial charge in [-0.05, 0) is 19.4 Å². The van der Waals surface area contributed by atoms with Crippen LogP contribution < -0.4 is 0 Å². The lowest BCUT2D eigenvalue weighted by molar-refractivity contribution is 0.159. The van der Waals surface area contributed by atoms with Gasteiger partial charge < -0.3 is 5.11 Å². The summed E-state index contributed by atoms with van der Waals surface area (Å²) >= 11 is 0. The van der Waals surface area contributed by atoms with Gasteiger partial charge in [0.05, 0.1) is 6.10 Å². The highest BCUT2D eigenvalue weighted by atomic mass is 19.1. The van der Waals surface area contributed by atoms with Crippen LogP contribution in [-0.4, -0.2) is 5.11 Å². The van der Waals surface area contributed by atoms with Crippen molar-refractivity contribution in [2.75, 3.05) is 0 Å². The van der Waals surface area contributed by atoms with E-state index in [-0.39, 0.29) is 5.82 Å². The maximum absolute atomic E-state index is 13.3. The largest absolute Gasteiger partial charge is 0.388 e. The van der Waals surface area contributed by atoms with E-state index in [0.717, 1.165) is 18.4 Å². The Kier molecular flexibility index (Phi) is 4.08. The zero-order valence-corrected chi connectivity index (χ0v) is 8.76. The van der Waals surface area contributed by atoms with E-state index in [1.807, 2.05) is 6.92 Å². The minimum Gasteiger partial charge on any atom is -0.388 e. The zero-order valence-electron chi connectivity index (χ0n) is 8.76. The molecule has 0 aliphatic carbocycles. The number of halogens is 1. The molecule has 0 radical (unpaired) electrons. The van der Waals surface area contributed by atoms with Crippen molar-refractivity contribution in [2.45, 2.75) is 39.2 Å². The molecule has 1 atom stereocenters. The van der Waals surface area contributed by atoms with Crippen LogP contribution in [0.1, 0.15) is 43.4 Å². The number of aliphatic hydroxyl groups excluding tert-OH is 1. The predicted molar refractivity (Wildman–Crippen MR) is 55.6 cm³/mol. The van der Waals surface area contributed by atoms with Gasteiger partial charge >= 0.3 is 0 Å². The molecule has 1 nitrogen and oxygen atoms in total. The lowest BCUT2D eigenvalue weighted by Crippen LogP contribution is -2.01.